The standard InChI is InChI=1S/C24H24N4O3/c1-27-14-15(17-5-2-3-6-20(17)27)8-11-22(29)25-16-9-10-19-18(13-16)24(31)28-12-4-7-21(28)23(30)26-19/h2-3,5-6,9-10,13-14,21H,4,7-8,11-12H2,1H3,(H,25,29)(H,26,30)/t21-/m0/s1. The molecule has 158 valence electrons. The number of anilines is 2. The molecule has 0 bridgehead atoms. The van der Waals surface area contributed by atoms with Gasteiger partial charge in [-0.2, -0.15) is 0 Å². The summed E-state index contributed by atoms with van der Waals surface area (Å²) in [7, 11) is 2.00. The molecule has 31 heavy (non-hydrogen) atoms. The van der Waals surface area contributed by atoms with Gasteiger partial charge < -0.3 is 20.1 Å². The molecular formula is C24H24N4O3. The number of rotatable bonds is 4. The fraction of sp³-hybridized carbons (Fsp3) is 0.292. The molecule has 1 saturated heterocycles. The fourth-order valence-corrected chi connectivity index (χ4v) is 4.66. The van der Waals surface area contributed by atoms with Crippen molar-refractivity contribution in [3.8, 4) is 0 Å². The number of carbonyl (C=O) groups excluding carboxylic acids is 3. The van der Waals surface area contributed by atoms with Gasteiger partial charge in [-0.15, -0.1) is 0 Å². The average Bonchev–Trinajstić information content (AvgIpc) is 3.36. The lowest BCUT2D eigenvalue weighted by Crippen LogP contribution is -2.40. The van der Waals surface area contributed by atoms with Gasteiger partial charge in [-0.25, -0.2) is 0 Å². The van der Waals surface area contributed by atoms with E-state index in [1.54, 1.807) is 23.1 Å². The first kappa shape index (κ1) is 19.4. The van der Waals surface area contributed by atoms with Crippen molar-refractivity contribution in [3.63, 3.8) is 0 Å². The number of nitrogens with zero attached hydrogens (tertiary/aromatic N) is 2. The highest BCUT2D eigenvalue weighted by atomic mass is 16.2. The molecule has 0 aliphatic carbocycles. The van der Waals surface area contributed by atoms with Gasteiger partial charge in [-0.05, 0) is 49.1 Å². The van der Waals surface area contributed by atoms with Crippen LogP contribution in [-0.4, -0.2) is 39.8 Å². The van der Waals surface area contributed by atoms with Crippen LogP contribution in [0.3, 0.4) is 0 Å². The largest absolute Gasteiger partial charge is 0.350 e. The Morgan fingerprint density at radius 2 is 2.03 bits per heavy atom. The molecule has 0 spiro atoms. The Bertz CT molecular complexity index is 1210. The minimum atomic E-state index is -0.404. The predicted molar refractivity (Wildman–Crippen MR) is 119 cm³/mol. The van der Waals surface area contributed by atoms with Crippen molar-refractivity contribution in [3.05, 3.63) is 59.8 Å². The number of aromatic nitrogens is 1. The first-order valence-corrected chi connectivity index (χ1v) is 10.6. The van der Waals surface area contributed by atoms with E-state index in [1.165, 1.54) is 0 Å². The maximum Gasteiger partial charge on any atom is 0.256 e. The van der Waals surface area contributed by atoms with E-state index in [2.05, 4.69) is 33.5 Å². The summed E-state index contributed by atoms with van der Waals surface area (Å²) in [5, 5.41) is 6.91. The second-order valence-electron chi connectivity index (χ2n) is 8.24. The maximum absolute atomic E-state index is 13.0. The molecule has 0 unspecified atom stereocenters. The zero-order chi connectivity index (χ0) is 21.5. The predicted octanol–water partition coefficient (Wildman–Crippen LogP) is 3.31. The SMILES string of the molecule is Cn1cc(CCC(=O)Nc2ccc3c(c2)C(=O)N2CCC[C@H]2C(=O)N3)c2ccccc21. The third-order valence-corrected chi connectivity index (χ3v) is 6.21. The lowest BCUT2D eigenvalue weighted by molar-refractivity contribution is -0.119. The van der Waals surface area contributed by atoms with Crippen LogP contribution in [0.4, 0.5) is 11.4 Å². The van der Waals surface area contributed by atoms with Crippen LogP contribution in [0.25, 0.3) is 10.9 Å². The molecule has 3 amide bonds. The molecule has 1 atom stereocenters. The summed E-state index contributed by atoms with van der Waals surface area (Å²) in [6.45, 7) is 0.581. The third kappa shape index (κ3) is 3.46. The lowest BCUT2D eigenvalue weighted by Gasteiger charge is -2.20. The Hall–Kier alpha value is -3.61. The molecule has 0 saturated carbocycles. The van der Waals surface area contributed by atoms with Crippen LogP contribution in [0.2, 0.25) is 0 Å². The van der Waals surface area contributed by atoms with Crippen molar-refractivity contribution in [2.75, 3.05) is 17.2 Å². The summed E-state index contributed by atoms with van der Waals surface area (Å²) in [5.74, 6) is -0.420. The molecule has 1 fully saturated rings. The maximum atomic E-state index is 13.0. The molecule has 3 heterocycles. The second-order valence-corrected chi connectivity index (χ2v) is 8.24. The molecule has 7 heteroatoms. The number of benzene rings is 2. The molecule has 5 rings (SSSR count). The zero-order valence-electron chi connectivity index (χ0n) is 17.4. The van der Waals surface area contributed by atoms with E-state index in [1.807, 2.05) is 19.2 Å². The van der Waals surface area contributed by atoms with E-state index < -0.39 is 6.04 Å². The molecule has 2 N–H and O–H groups in total. The molecule has 2 aliphatic rings. The van der Waals surface area contributed by atoms with Crippen molar-refractivity contribution >= 4 is 40.0 Å². The Balaban J connectivity index is 1.30. The normalized spacial score (nSPS) is 17.8. The minimum absolute atomic E-state index is 0.114. The number of carbonyl (C=O) groups is 3. The van der Waals surface area contributed by atoms with E-state index in [-0.39, 0.29) is 17.7 Å². The highest BCUT2D eigenvalue weighted by Crippen LogP contribution is 2.30. The summed E-state index contributed by atoms with van der Waals surface area (Å²) in [6.07, 6.45) is 4.54. The van der Waals surface area contributed by atoms with Crippen molar-refractivity contribution < 1.29 is 14.4 Å². The smallest absolute Gasteiger partial charge is 0.256 e. The summed E-state index contributed by atoms with van der Waals surface area (Å²) in [4.78, 5) is 39.6. The molecular weight excluding hydrogens is 392 g/mol. The van der Waals surface area contributed by atoms with Crippen LogP contribution in [0.5, 0.6) is 0 Å². The van der Waals surface area contributed by atoms with Crippen LogP contribution < -0.4 is 10.6 Å². The minimum Gasteiger partial charge on any atom is -0.350 e. The lowest BCUT2D eigenvalue weighted by atomic mass is 10.1. The second kappa shape index (κ2) is 7.58. The van der Waals surface area contributed by atoms with Gasteiger partial charge >= 0.3 is 0 Å². The van der Waals surface area contributed by atoms with Crippen LogP contribution in [0.15, 0.2) is 48.7 Å². The Kier molecular flexibility index (Phi) is 4.73. The van der Waals surface area contributed by atoms with Gasteiger partial charge in [0.25, 0.3) is 5.91 Å². The van der Waals surface area contributed by atoms with Gasteiger partial charge in [0.1, 0.15) is 6.04 Å². The summed E-state index contributed by atoms with van der Waals surface area (Å²) in [5.41, 5.74) is 3.75. The van der Waals surface area contributed by atoms with E-state index in [9.17, 15) is 14.4 Å². The number of para-hydroxylation sites is 1. The summed E-state index contributed by atoms with van der Waals surface area (Å²) < 4.78 is 2.07. The monoisotopic (exact) mass is 416 g/mol. The van der Waals surface area contributed by atoms with Gasteiger partial charge in [0, 0.05) is 42.8 Å². The Labute approximate surface area is 180 Å². The van der Waals surface area contributed by atoms with Gasteiger partial charge in [0.05, 0.1) is 11.3 Å². The zero-order valence-corrected chi connectivity index (χ0v) is 17.4. The topological polar surface area (TPSA) is 83.4 Å². The number of fused-ring (bicyclic) bond motifs is 3. The Morgan fingerprint density at radius 3 is 2.90 bits per heavy atom. The van der Waals surface area contributed by atoms with Crippen LogP contribution in [0, 0.1) is 0 Å². The number of amides is 3. The molecule has 3 aromatic rings. The quantitative estimate of drug-likeness (QED) is 0.685. The molecule has 0 radical (unpaired) electrons. The van der Waals surface area contributed by atoms with E-state index in [0.717, 1.165) is 22.9 Å². The van der Waals surface area contributed by atoms with E-state index >= 15 is 0 Å². The van der Waals surface area contributed by atoms with E-state index in [4.69, 9.17) is 0 Å². The third-order valence-electron chi connectivity index (χ3n) is 6.21. The van der Waals surface area contributed by atoms with Crippen LogP contribution in [-0.2, 0) is 23.1 Å². The van der Waals surface area contributed by atoms with Crippen molar-refractivity contribution in [1.82, 2.24) is 9.47 Å². The van der Waals surface area contributed by atoms with Gasteiger partial charge in [0.15, 0.2) is 0 Å². The van der Waals surface area contributed by atoms with Crippen molar-refractivity contribution in [1.29, 1.82) is 0 Å². The number of aryl methyl sites for hydroxylation is 2. The molecule has 2 aliphatic heterocycles. The molecule has 2 aromatic carbocycles. The summed E-state index contributed by atoms with van der Waals surface area (Å²) in [6, 6.07) is 12.8. The van der Waals surface area contributed by atoms with Crippen molar-refractivity contribution in [2.24, 2.45) is 7.05 Å². The Morgan fingerprint density at radius 1 is 1.19 bits per heavy atom. The number of hydrogen-bond acceptors (Lipinski definition) is 3. The van der Waals surface area contributed by atoms with Crippen LogP contribution in [0.1, 0.15) is 35.2 Å². The molecule has 1 aromatic heterocycles. The number of nitrogens with one attached hydrogen (secondary N) is 2. The van der Waals surface area contributed by atoms with Crippen LogP contribution >= 0.6 is 0 Å². The van der Waals surface area contributed by atoms with Gasteiger partial charge in [0.2, 0.25) is 11.8 Å². The van der Waals surface area contributed by atoms with Gasteiger partial charge in [-0.3, -0.25) is 14.4 Å². The first-order valence-electron chi connectivity index (χ1n) is 10.6. The highest BCUT2D eigenvalue weighted by molar-refractivity contribution is 6.11. The van der Waals surface area contributed by atoms with Crippen molar-refractivity contribution in [2.45, 2.75) is 31.7 Å². The first-order chi connectivity index (χ1) is 15.0. The van der Waals surface area contributed by atoms with E-state index in [0.29, 0.717) is 42.7 Å². The van der Waals surface area contributed by atoms with Gasteiger partial charge in [-0.1, -0.05) is 18.2 Å². The highest BCUT2D eigenvalue weighted by Gasteiger charge is 2.38. The molecule has 7 nitrogen and oxygen atoms in total. The average molecular weight is 416 g/mol. The summed E-state index contributed by atoms with van der Waals surface area (Å²) >= 11 is 0. The number of hydrogen-bond donors (Lipinski definition) is 2. The fourth-order valence-electron chi connectivity index (χ4n) is 4.66.